The number of hydrogen-bond donors (Lipinski definition) is 2. The fourth-order valence-corrected chi connectivity index (χ4v) is 5.83. The third-order valence-electron chi connectivity index (χ3n) is 5.85. The summed E-state index contributed by atoms with van der Waals surface area (Å²) >= 11 is 1.73. The van der Waals surface area contributed by atoms with Gasteiger partial charge in [0.15, 0.2) is 0 Å². The van der Waals surface area contributed by atoms with Crippen molar-refractivity contribution in [3.8, 4) is 0 Å². The quantitative estimate of drug-likeness (QED) is 0.638. The van der Waals surface area contributed by atoms with Crippen molar-refractivity contribution in [2.24, 2.45) is 11.7 Å². The van der Waals surface area contributed by atoms with E-state index >= 15 is 0 Å². The fourth-order valence-electron chi connectivity index (χ4n) is 4.26. The van der Waals surface area contributed by atoms with Crippen molar-refractivity contribution in [3.05, 3.63) is 48.0 Å². The highest BCUT2D eigenvalue weighted by Crippen LogP contribution is 2.48. The monoisotopic (exact) mass is 445 g/mol. The van der Waals surface area contributed by atoms with E-state index in [0.717, 1.165) is 61.6 Å². The standard InChI is InChI=1S/C22H27N3O3S2/c23-22(26)17-8-12-24(13-9-17)10-3-11-25-18-4-1-2-5-20(18)29-21-7-6-16(14-19(21)25)15-30(27)28/h1-2,4-7,14,17,30H,3,8-13,15H2,(H2,23,26). The van der Waals surface area contributed by atoms with E-state index in [9.17, 15) is 13.2 Å². The van der Waals surface area contributed by atoms with Crippen LogP contribution in [0.3, 0.4) is 0 Å². The molecule has 4 rings (SSSR count). The molecule has 0 spiro atoms. The van der Waals surface area contributed by atoms with E-state index in [0.29, 0.717) is 0 Å². The van der Waals surface area contributed by atoms with Gasteiger partial charge in [-0.15, -0.1) is 0 Å². The molecule has 2 heterocycles. The third-order valence-corrected chi connectivity index (χ3v) is 7.60. The van der Waals surface area contributed by atoms with Gasteiger partial charge in [-0.1, -0.05) is 30.0 Å². The summed E-state index contributed by atoms with van der Waals surface area (Å²) in [5.41, 5.74) is 8.52. The highest BCUT2D eigenvalue weighted by atomic mass is 32.2. The number of benzene rings is 2. The summed E-state index contributed by atoms with van der Waals surface area (Å²) in [6.07, 6.45) is 2.68. The molecule has 0 aromatic heterocycles. The van der Waals surface area contributed by atoms with Crippen LogP contribution >= 0.6 is 11.8 Å². The summed E-state index contributed by atoms with van der Waals surface area (Å²) in [5.74, 6) is -0.0910. The molecule has 0 saturated carbocycles. The lowest BCUT2D eigenvalue weighted by molar-refractivity contribution is -0.123. The number of carbonyl (C=O) groups is 1. The van der Waals surface area contributed by atoms with Crippen LogP contribution in [0.1, 0.15) is 24.8 Å². The van der Waals surface area contributed by atoms with Gasteiger partial charge in [-0.05, 0) is 68.7 Å². The van der Waals surface area contributed by atoms with Gasteiger partial charge in [0.2, 0.25) is 5.91 Å². The van der Waals surface area contributed by atoms with Crippen molar-refractivity contribution in [1.29, 1.82) is 0 Å². The van der Waals surface area contributed by atoms with E-state index in [1.54, 1.807) is 11.8 Å². The number of primary amides is 1. The van der Waals surface area contributed by atoms with Gasteiger partial charge in [0.1, 0.15) is 10.7 Å². The van der Waals surface area contributed by atoms with Crippen LogP contribution in [0.4, 0.5) is 11.4 Å². The normalized spacial score (nSPS) is 17.0. The number of rotatable bonds is 7. The number of thiol groups is 1. The number of likely N-dealkylation sites (tertiary alicyclic amines) is 1. The molecule has 0 unspecified atom stereocenters. The zero-order chi connectivity index (χ0) is 21.1. The molecule has 0 atom stereocenters. The first kappa shape index (κ1) is 21.2. The van der Waals surface area contributed by atoms with Crippen molar-refractivity contribution in [2.45, 2.75) is 34.8 Å². The van der Waals surface area contributed by atoms with E-state index in [1.165, 1.54) is 10.6 Å². The van der Waals surface area contributed by atoms with Crippen LogP contribution in [0.5, 0.6) is 0 Å². The first-order chi connectivity index (χ1) is 14.5. The Bertz CT molecular complexity index is 993. The van der Waals surface area contributed by atoms with E-state index in [1.807, 2.05) is 30.3 Å². The lowest BCUT2D eigenvalue weighted by Crippen LogP contribution is -2.39. The van der Waals surface area contributed by atoms with E-state index in [-0.39, 0.29) is 17.6 Å². The number of hydrogen-bond acceptors (Lipinski definition) is 6. The number of piperidine rings is 1. The molecule has 2 aliphatic rings. The summed E-state index contributed by atoms with van der Waals surface area (Å²) in [6.45, 7) is 3.65. The Hall–Kier alpha value is -2.03. The second-order valence-electron chi connectivity index (χ2n) is 7.89. The fraction of sp³-hybridized carbons (Fsp3) is 0.409. The smallest absolute Gasteiger partial charge is 0.220 e. The number of nitrogens with zero attached hydrogens (tertiary/aromatic N) is 2. The number of nitrogens with two attached hydrogens (primary N) is 1. The Balaban J connectivity index is 1.47. The predicted octanol–water partition coefficient (Wildman–Crippen LogP) is 2.99. The average Bonchev–Trinajstić information content (AvgIpc) is 2.73. The van der Waals surface area contributed by atoms with Gasteiger partial charge in [0.05, 0.1) is 17.1 Å². The van der Waals surface area contributed by atoms with Gasteiger partial charge >= 0.3 is 0 Å². The van der Waals surface area contributed by atoms with Crippen molar-refractivity contribution in [3.63, 3.8) is 0 Å². The Kier molecular flexibility index (Phi) is 6.65. The van der Waals surface area contributed by atoms with Gasteiger partial charge in [-0.2, -0.15) is 0 Å². The van der Waals surface area contributed by atoms with Crippen LogP contribution in [0.15, 0.2) is 52.3 Å². The summed E-state index contributed by atoms with van der Waals surface area (Å²) in [7, 11) is -2.45. The minimum absolute atomic E-state index is 0.0186. The van der Waals surface area contributed by atoms with Gasteiger partial charge < -0.3 is 15.5 Å². The Morgan fingerprint density at radius 1 is 1.03 bits per heavy atom. The lowest BCUT2D eigenvalue weighted by atomic mass is 9.96. The predicted molar refractivity (Wildman–Crippen MR) is 121 cm³/mol. The second-order valence-corrected chi connectivity index (χ2v) is 9.95. The van der Waals surface area contributed by atoms with Crippen LogP contribution in [-0.4, -0.2) is 45.4 Å². The Morgan fingerprint density at radius 2 is 1.77 bits per heavy atom. The third kappa shape index (κ3) is 4.82. The summed E-state index contributed by atoms with van der Waals surface area (Å²) in [6, 6.07) is 14.3. The maximum absolute atomic E-state index is 11.4. The van der Waals surface area contributed by atoms with Gasteiger partial charge in [0.25, 0.3) is 0 Å². The first-order valence-corrected chi connectivity index (χ1v) is 12.5. The minimum atomic E-state index is -2.45. The van der Waals surface area contributed by atoms with Crippen molar-refractivity contribution < 1.29 is 13.2 Å². The largest absolute Gasteiger partial charge is 0.369 e. The van der Waals surface area contributed by atoms with E-state index < -0.39 is 10.7 Å². The molecule has 1 fully saturated rings. The van der Waals surface area contributed by atoms with Crippen molar-refractivity contribution in [2.75, 3.05) is 31.1 Å². The van der Waals surface area contributed by atoms with Crippen LogP contribution in [0.25, 0.3) is 0 Å². The molecule has 30 heavy (non-hydrogen) atoms. The van der Waals surface area contributed by atoms with Gasteiger partial charge in [-0.25, -0.2) is 8.42 Å². The molecule has 1 amide bonds. The molecule has 0 bridgehead atoms. The first-order valence-electron chi connectivity index (χ1n) is 10.3. The minimum Gasteiger partial charge on any atom is -0.369 e. The molecule has 160 valence electrons. The number of anilines is 2. The Labute approximate surface area is 183 Å². The molecule has 1 saturated heterocycles. The maximum Gasteiger partial charge on any atom is 0.220 e. The molecule has 6 nitrogen and oxygen atoms in total. The van der Waals surface area contributed by atoms with Crippen LogP contribution in [0, 0.1) is 5.92 Å². The topological polar surface area (TPSA) is 83.7 Å². The van der Waals surface area contributed by atoms with Gasteiger partial charge in [0, 0.05) is 22.3 Å². The van der Waals surface area contributed by atoms with Gasteiger partial charge in [-0.3, -0.25) is 4.79 Å². The summed E-state index contributed by atoms with van der Waals surface area (Å²) in [5, 5.41) is 0. The molecule has 2 aromatic rings. The number of para-hydroxylation sites is 1. The van der Waals surface area contributed by atoms with Crippen LogP contribution in [-0.2, 0) is 21.3 Å². The number of fused-ring (bicyclic) bond motifs is 2. The highest BCUT2D eigenvalue weighted by Gasteiger charge is 2.25. The van der Waals surface area contributed by atoms with E-state index in [4.69, 9.17) is 5.73 Å². The molecule has 0 radical (unpaired) electrons. The van der Waals surface area contributed by atoms with Crippen molar-refractivity contribution in [1.82, 2.24) is 4.90 Å². The molecular formula is C22H27N3O3S2. The molecular weight excluding hydrogens is 418 g/mol. The molecule has 8 heteroatoms. The molecule has 2 N–H and O–H groups in total. The highest BCUT2D eigenvalue weighted by molar-refractivity contribution is 7.99. The van der Waals surface area contributed by atoms with Crippen molar-refractivity contribution >= 4 is 39.7 Å². The summed E-state index contributed by atoms with van der Waals surface area (Å²) < 4.78 is 22.4. The number of carbonyl (C=O) groups excluding carboxylic acids is 1. The van der Waals surface area contributed by atoms with Crippen LogP contribution < -0.4 is 10.6 Å². The average molecular weight is 446 g/mol. The zero-order valence-electron chi connectivity index (χ0n) is 16.8. The summed E-state index contributed by atoms with van der Waals surface area (Å²) in [4.78, 5) is 18.5. The Morgan fingerprint density at radius 3 is 2.50 bits per heavy atom. The number of amides is 1. The zero-order valence-corrected chi connectivity index (χ0v) is 18.5. The molecule has 2 aromatic carbocycles. The SMILES string of the molecule is NC(=O)C1CCN(CCCN2c3ccccc3Sc3ccc(C[SH](=O)=O)cc32)CC1. The second kappa shape index (κ2) is 9.41. The van der Waals surface area contributed by atoms with E-state index in [2.05, 4.69) is 21.9 Å². The molecule has 2 aliphatic heterocycles. The maximum atomic E-state index is 11.4. The van der Waals surface area contributed by atoms with Crippen LogP contribution in [0.2, 0.25) is 0 Å². The lowest BCUT2D eigenvalue weighted by Gasteiger charge is -2.35. The molecule has 0 aliphatic carbocycles.